The highest BCUT2D eigenvalue weighted by Crippen LogP contribution is 2.20. The summed E-state index contributed by atoms with van der Waals surface area (Å²) in [4.78, 5) is 18.5. The predicted molar refractivity (Wildman–Crippen MR) is 84.1 cm³/mol. The van der Waals surface area contributed by atoms with Gasteiger partial charge in [-0.25, -0.2) is 4.98 Å². The van der Waals surface area contributed by atoms with Crippen molar-refractivity contribution in [3.8, 4) is 0 Å². The van der Waals surface area contributed by atoms with Crippen molar-refractivity contribution >= 4 is 42.1 Å². The van der Waals surface area contributed by atoms with Gasteiger partial charge in [-0.15, -0.1) is 36.2 Å². The van der Waals surface area contributed by atoms with Crippen molar-refractivity contribution in [2.45, 2.75) is 32.7 Å². The van der Waals surface area contributed by atoms with Crippen LogP contribution < -0.4 is 5.32 Å². The van der Waals surface area contributed by atoms with Crippen LogP contribution >= 0.6 is 36.2 Å². The Morgan fingerprint density at radius 2 is 2.21 bits per heavy atom. The van der Waals surface area contributed by atoms with Crippen LogP contribution in [0.3, 0.4) is 0 Å². The van der Waals surface area contributed by atoms with Crippen molar-refractivity contribution in [2.75, 3.05) is 19.6 Å². The third-order valence-electron chi connectivity index (χ3n) is 2.89. The number of amides is 1. The summed E-state index contributed by atoms with van der Waals surface area (Å²) in [6.07, 6.45) is 0. The third kappa shape index (κ3) is 4.60. The zero-order valence-electron chi connectivity index (χ0n) is 11.4. The summed E-state index contributed by atoms with van der Waals surface area (Å²) in [5.41, 5.74) is 0.604. The molecule has 1 amide bonds. The first-order valence-corrected chi connectivity index (χ1v) is 6.94. The van der Waals surface area contributed by atoms with E-state index in [-0.39, 0.29) is 30.7 Å². The number of piperazine rings is 1. The van der Waals surface area contributed by atoms with Crippen LogP contribution in [-0.4, -0.2) is 41.5 Å². The van der Waals surface area contributed by atoms with E-state index >= 15 is 0 Å². The topological polar surface area (TPSA) is 45.2 Å². The zero-order chi connectivity index (χ0) is 12.4. The Labute approximate surface area is 130 Å². The van der Waals surface area contributed by atoms with E-state index < -0.39 is 0 Å². The fraction of sp³-hybridized carbons (Fsp3) is 0.667. The fourth-order valence-corrected chi connectivity index (χ4v) is 2.74. The Balaban J connectivity index is 0.00000162. The molecule has 0 bridgehead atoms. The molecule has 0 spiro atoms. The lowest BCUT2D eigenvalue weighted by Crippen LogP contribution is -2.51. The summed E-state index contributed by atoms with van der Waals surface area (Å²) in [7, 11) is 0. The van der Waals surface area contributed by atoms with E-state index in [0.29, 0.717) is 17.7 Å². The van der Waals surface area contributed by atoms with Gasteiger partial charge in [0.15, 0.2) is 0 Å². The standard InChI is InChI=1S/C12H19N3OS.2ClH/c1-8(2)11-14-10(7-17-11)12(16)15-5-4-13-9(3)6-15;;/h7-9,13H,4-6H2,1-3H3;2*1H. The minimum atomic E-state index is 0. The average molecular weight is 326 g/mol. The smallest absolute Gasteiger partial charge is 0.273 e. The van der Waals surface area contributed by atoms with Crippen LogP contribution in [0.4, 0.5) is 0 Å². The van der Waals surface area contributed by atoms with E-state index in [1.165, 1.54) is 0 Å². The van der Waals surface area contributed by atoms with Gasteiger partial charge in [0.2, 0.25) is 0 Å². The van der Waals surface area contributed by atoms with Gasteiger partial charge in [-0.1, -0.05) is 13.8 Å². The van der Waals surface area contributed by atoms with Gasteiger partial charge in [0.25, 0.3) is 5.91 Å². The van der Waals surface area contributed by atoms with Gasteiger partial charge < -0.3 is 10.2 Å². The van der Waals surface area contributed by atoms with Crippen LogP contribution in [0.25, 0.3) is 0 Å². The minimum absolute atomic E-state index is 0. The molecule has 2 rings (SSSR count). The van der Waals surface area contributed by atoms with Crippen molar-refractivity contribution < 1.29 is 4.79 Å². The number of halogens is 2. The summed E-state index contributed by atoms with van der Waals surface area (Å²) in [5.74, 6) is 0.463. The molecule has 1 aromatic rings. The number of hydrogen-bond acceptors (Lipinski definition) is 4. The molecular weight excluding hydrogens is 305 g/mol. The second kappa shape index (κ2) is 8.04. The summed E-state index contributed by atoms with van der Waals surface area (Å²) in [6.45, 7) is 8.71. The number of nitrogens with zero attached hydrogens (tertiary/aromatic N) is 2. The average Bonchev–Trinajstić information content (AvgIpc) is 2.77. The highest BCUT2D eigenvalue weighted by Gasteiger charge is 2.23. The van der Waals surface area contributed by atoms with Crippen LogP contribution in [0.1, 0.15) is 42.2 Å². The Kier molecular flexibility index (Phi) is 7.89. The van der Waals surface area contributed by atoms with E-state index in [0.717, 1.165) is 24.6 Å². The SMILES string of the molecule is CC1CN(C(=O)c2csc(C(C)C)n2)CCN1.Cl.Cl. The summed E-state index contributed by atoms with van der Waals surface area (Å²) in [5, 5.41) is 6.25. The van der Waals surface area contributed by atoms with Crippen LogP contribution in [0, 0.1) is 0 Å². The monoisotopic (exact) mass is 325 g/mol. The Hall–Kier alpha value is -0.360. The molecule has 1 aliphatic rings. The highest BCUT2D eigenvalue weighted by atomic mass is 35.5. The Morgan fingerprint density at radius 3 is 2.74 bits per heavy atom. The van der Waals surface area contributed by atoms with Crippen molar-refractivity contribution in [1.29, 1.82) is 0 Å². The molecule has 110 valence electrons. The molecule has 0 aromatic carbocycles. The van der Waals surface area contributed by atoms with Crippen molar-refractivity contribution in [2.24, 2.45) is 0 Å². The first kappa shape index (κ1) is 18.6. The van der Waals surface area contributed by atoms with Gasteiger partial charge in [-0.3, -0.25) is 4.79 Å². The molecular formula is C12H21Cl2N3OS. The number of nitrogens with one attached hydrogen (secondary N) is 1. The molecule has 1 aromatic heterocycles. The maximum absolute atomic E-state index is 12.2. The number of rotatable bonds is 2. The van der Waals surface area contributed by atoms with Gasteiger partial charge in [-0.05, 0) is 6.92 Å². The van der Waals surface area contributed by atoms with Gasteiger partial charge in [-0.2, -0.15) is 0 Å². The van der Waals surface area contributed by atoms with Gasteiger partial charge in [0.1, 0.15) is 5.69 Å². The molecule has 4 nitrogen and oxygen atoms in total. The Morgan fingerprint density at radius 1 is 1.53 bits per heavy atom. The number of carbonyl (C=O) groups is 1. The maximum Gasteiger partial charge on any atom is 0.273 e. The second-order valence-electron chi connectivity index (χ2n) is 4.83. The molecule has 2 heterocycles. The fourth-order valence-electron chi connectivity index (χ4n) is 1.93. The normalized spacial score (nSPS) is 18.7. The third-order valence-corrected chi connectivity index (χ3v) is 4.04. The van der Waals surface area contributed by atoms with E-state index in [1.807, 2.05) is 10.3 Å². The maximum atomic E-state index is 12.2. The zero-order valence-corrected chi connectivity index (χ0v) is 13.8. The molecule has 19 heavy (non-hydrogen) atoms. The number of thiazole rings is 1. The van der Waals surface area contributed by atoms with Gasteiger partial charge in [0.05, 0.1) is 5.01 Å². The molecule has 1 N–H and O–H groups in total. The Bertz CT molecular complexity index is 411. The van der Waals surface area contributed by atoms with Crippen LogP contribution in [0.2, 0.25) is 0 Å². The molecule has 0 radical (unpaired) electrons. The largest absolute Gasteiger partial charge is 0.334 e. The van der Waals surface area contributed by atoms with E-state index in [4.69, 9.17) is 0 Å². The van der Waals surface area contributed by atoms with Crippen LogP contribution in [-0.2, 0) is 0 Å². The first-order chi connectivity index (χ1) is 8.08. The quantitative estimate of drug-likeness (QED) is 0.908. The minimum Gasteiger partial charge on any atom is -0.334 e. The second-order valence-corrected chi connectivity index (χ2v) is 5.72. The highest BCUT2D eigenvalue weighted by molar-refractivity contribution is 7.09. The van der Waals surface area contributed by atoms with E-state index in [1.54, 1.807) is 11.3 Å². The van der Waals surface area contributed by atoms with Crippen LogP contribution in [0.15, 0.2) is 5.38 Å². The molecule has 7 heteroatoms. The lowest BCUT2D eigenvalue weighted by atomic mass is 10.2. The lowest BCUT2D eigenvalue weighted by Gasteiger charge is -2.31. The molecule has 0 aliphatic carbocycles. The molecule has 0 saturated carbocycles. The predicted octanol–water partition coefficient (Wildman–Crippen LogP) is 2.54. The van der Waals surface area contributed by atoms with Crippen molar-refractivity contribution in [3.05, 3.63) is 16.1 Å². The van der Waals surface area contributed by atoms with E-state index in [2.05, 4.69) is 31.1 Å². The first-order valence-electron chi connectivity index (χ1n) is 6.06. The summed E-state index contributed by atoms with van der Waals surface area (Å²) >= 11 is 1.58. The summed E-state index contributed by atoms with van der Waals surface area (Å²) < 4.78 is 0. The number of aromatic nitrogens is 1. The van der Waals surface area contributed by atoms with Crippen LogP contribution in [0.5, 0.6) is 0 Å². The molecule has 1 atom stereocenters. The van der Waals surface area contributed by atoms with E-state index in [9.17, 15) is 4.79 Å². The van der Waals surface area contributed by atoms with Crippen molar-refractivity contribution in [1.82, 2.24) is 15.2 Å². The molecule has 1 fully saturated rings. The lowest BCUT2D eigenvalue weighted by molar-refractivity contribution is 0.0704. The van der Waals surface area contributed by atoms with Gasteiger partial charge >= 0.3 is 0 Å². The number of carbonyl (C=O) groups excluding carboxylic acids is 1. The molecule has 1 aliphatic heterocycles. The van der Waals surface area contributed by atoms with Crippen molar-refractivity contribution in [3.63, 3.8) is 0 Å². The number of hydrogen-bond donors (Lipinski definition) is 1. The molecule has 1 unspecified atom stereocenters. The van der Waals surface area contributed by atoms with Gasteiger partial charge in [0, 0.05) is 37.0 Å². The summed E-state index contributed by atoms with van der Waals surface area (Å²) in [6, 6.07) is 0.371. The molecule has 1 saturated heterocycles.